The van der Waals surface area contributed by atoms with Crippen molar-refractivity contribution in [3.05, 3.63) is 48.5 Å². The van der Waals surface area contributed by atoms with Crippen molar-refractivity contribution in [2.24, 2.45) is 0 Å². The number of carbonyl (C=O) groups excluding carboxylic acids is 2. The van der Waals surface area contributed by atoms with E-state index < -0.39 is 0 Å². The summed E-state index contributed by atoms with van der Waals surface area (Å²) >= 11 is 0. The number of carbonyl (C=O) groups is 2. The van der Waals surface area contributed by atoms with Crippen molar-refractivity contribution in [3.8, 4) is 16.9 Å². The fourth-order valence-corrected chi connectivity index (χ4v) is 2.52. The number of nitrogens with zero attached hydrogens (tertiary/aromatic N) is 1. The van der Waals surface area contributed by atoms with Gasteiger partial charge in [0.2, 0.25) is 5.91 Å². The van der Waals surface area contributed by atoms with Crippen LogP contribution in [-0.2, 0) is 9.59 Å². The second-order valence-corrected chi connectivity index (χ2v) is 4.95. The molecule has 0 spiro atoms. The lowest BCUT2D eigenvalue weighted by Gasteiger charge is -2.19. The predicted molar refractivity (Wildman–Crippen MR) is 80.4 cm³/mol. The van der Waals surface area contributed by atoms with Gasteiger partial charge in [-0.25, -0.2) is 0 Å². The molecule has 0 bridgehead atoms. The highest BCUT2D eigenvalue weighted by molar-refractivity contribution is 6.15. The Kier molecular flexibility index (Phi) is 3.44. The molecule has 1 heterocycles. The van der Waals surface area contributed by atoms with Crippen molar-refractivity contribution in [2.45, 2.75) is 6.42 Å². The molecular formula is C17H15NO3. The van der Waals surface area contributed by atoms with Crippen molar-refractivity contribution in [1.82, 2.24) is 0 Å². The lowest BCUT2D eigenvalue weighted by molar-refractivity contribution is -0.121. The highest BCUT2D eigenvalue weighted by Gasteiger charge is 2.30. The zero-order valence-corrected chi connectivity index (χ0v) is 11.7. The van der Waals surface area contributed by atoms with Gasteiger partial charge in [-0.3, -0.25) is 9.59 Å². The molecule has 4 heteroatoms. The van der Waals surface area contributed by atoms with Gasteiger partial charge in [0.1, 0.15) is 5.75 Å². The van der Waals surface area contributed by atoms with Crippen molar-refractivity contribution >= 4 is 17.4 Å². The first kappa shape index (κ1) is 13.4. The van der Waals surface area contributed by atoms with Crippen LogP contribution in [0.2, 0.25) is 0 Å². The molecule has 0 atom stereocenters. The lowest BCUT2D eigenvalue weighted by Crippen LogP contribution is -2.25. The third-order valence-corrected chi connectivity index (χ3v) is 3.56. The lowest BCUT2D eigenvalue weighted by atomic mass is 10.0. The summed E-state index contributed by atoms with van der Waals surface area (Å²) in [7, 11) is 1.56. The van der Waals surface area contributed by atoms with Crippen LogP contribution in [0.1, 0.15) is 6.42 Å². The summed E-state index contributed by atoms with van der Waals surface area (Å²) in [4.78, 5) is 24.9. The van der Waals surface area contributed by atoms with Crippen molar-refractivity contribution in [2.75, 3.05) is 18.6 Å². The molecule has 1 aliphatic heterocycles. The molecule has 106 valence electrons. The van der Waals surface area contributed by atoms with Gasteiger partial charge in [-0.1, -0.05) is 36.4 Å². The Morgan fingerprint density at radius 3 is 2.38 bits per heavy atom. The smallest absolute Gasteiger partial charge is 0.235 e. The largest absolute Gasteiger partial charge is 0.495 e. The number of rotatable bonds is 3. The number of hydrogen-bond donors (Lipinski definition) is 0. The minimum Gasteiger partial charge on any atom is -0.495 e. The molecular weight excluding hydrogens is 266 g/mol. The van der Waals surface area contributed by atoms with Crippen LogP contribution in [0.4, 0.5) is 5.69 Å². The van der Waals surface area contributed by atoms with Crippen LogP contribution in [0, 0.1) is 0 Å². The molecule has 0 aromatic heterocycles. The monoisotopic (exact) mass is 281 g/mol. The number of ketones is 1. The van der Waals surface area contributed by atoms with Gasteiger partial charge in [0, 0.05) is 0 Å². The predicted octanol–water partition coefficient (Wildman–Crippen LogP) is 2.67. The van der Waals surface area contributed by atoms with Crippen LogP contribution in [0.25, 0.3) is 11.1 Å². The van der Waals surface area contributed by atoms with Gasteiger partial charge >= 0.3 is 0 Å². The average Bonchev–Trinajstić information content (AvgIpc) is 2.86. The quantitative estimate of drug-likeness (QED) is 0.813. The molecule has 0 unspecified atom stereocenters. The summed E-state index contributed by atoms with van der Waals surface area (Å²) in [6.07, 6.45) is -0.0290. The number of ether oxygens (including phenoxy) is 1. The Morgan fingerprint density at radius 1 is 1.00 bits per heavy atom. The zero-order valence-electron chi connectivity index (χ0n) is 11.7. The minimum absolute atomic E-state index is 0.0290. The molecule has 0 saturated carbocycles. The summed E-state index contributed by atoms with van der Waals surface area (Å²) in [5, 5.41) is 0. The second-order valence-electron chi connectivity index (χ2n) is 4.95. The molecule has 1 amide bonds. The molecule has 1 fully saturated rings. The van der Waals surface area contributed by atoms with Gasteiger partial charge in [0.25, 0.3) is 0 Å². The molecule has 0 radical (unpaired) electrons. The first-order valence-electron chi connectivity index (χ1n) is 6.74. The van der Waals surface area contributed by atoms with E-state index in [4.69, 9.17) is 4.74 Å². The van der Waals surface area contributed by atoms with E-state index in [0.717, 1.165) is 11.1 Å². The minimum atomic E-state index is -0.177. The molecule has 0 N–H and O–H groups in total. The number of hydrogen-bond acceptors (Lipinski definition) is 3. The molecule has 21 heavy (non-hydrogen) atoms. The Balaban J connectivity index is 2.06. The molecule has 1 aliphatic rings. The summed E-state index contributed by atoms with van der Waals surface area (Å²) in [6.45, 7) is 0.118. The Hall–Kier alpha value is -2.62. The van der Waals surface area contributed by atoms with Crippen LogP contribution in [0.3, 0.4) is 0 Å². The van der Waals surface area contributed by atoms with E-state index in [-0.39, 0.29) is 24.7 Å². The van der Waals surface area contributed by atoms with E-state index in [0.29, 0.717) is 11.4 Å². The first-order chi connectivity index (χ1) is 10.2. The number of Topliss-reactive ketones (excluding diaryl/α,β-unsaturated/α-hetero) is 1. The summed E-state index contributed by atoms with van der Waals surface area (Å²) < 4.78 is 5.33. The van der Waals surface area contributed by atoms with Gasteiger partial charge in [0.15, 0.2) is 5.78 Å². The van der Waals surface area contributed by atoms with Crippen LogP contribution in [0.15, 0.2) is 48.5 Å². The summed E-state index contributed by atoms with van der Waals surface area (Å²) in [5.41, 5.74) is 2.69. The first-order valence-corrected chi connectivity index (χ1v) is 6.74. The topological polar surface area (TPSA) is 46.6 Å². The fraction of sp³-hybridized carbons (Fsp3) is 0.176. The normalized spacial score (nSPS) is 14.6. The van der Waals surface area contributed by atoms with Gasteiger partial charge < -0.3 is 9.64 Å². The SMILES string of the molecule is COc1ccc(-c2ccccc2)cc1N1CC(=O)CC1=O. The third-order valence-electron chi connectivity index (χ3n) is 3.56. The Labute approximate surface area is 123 Å². The number of methoxy groups -OCH3 is 1. The van der Waals surface area contributed by atoms with Gasteiger partial charge in [0.05, 0.1) is 25.8 Å². The van der Waals surface area contributed by atoms with Crippen LogP contribution in [-0.4, -0.2) is 25.3 Å². The van der Waals surface area contributed by atoms with Crippen LogP contribution in [0.5, 0.6) is 5.75 Å². The van der Waals surface area contributed by atoms with E-state index in [1.54, 1.807) is 7.11 Å². The van der Waals surface area contributed by atoms with Gasteiger partial charge in [-0.05, 0) is 23.3 Å². The number of anilines is 1. The standard InChI is InChI=1S/C17H15NO3/c1-21-16-8-7-13(12-5-3-2-4-6-12)9-15(16)18-11-14(19)10-17(18)20/h2-9H,10-11H2,1H3. The maximum Gasteiger partial charge on any atom is 0.235 e. The summed E-state index contributed by atoms with van der Waals surface area (Å²) in [5.74, 6) is 0.355. The van der Waals surface area contributed by atoms with E-state index >= 15 is 0 Å². The van der Waals surface area contributed by atoms with Crippen molar-refractivity contribution < 1.29 is 14.3 Å². The maximum absolute atomic E-state index is 12.0. The van der Waals surface area contributed by atoms with E-state index in [1.165, 1.54) is 4.90 Å². The molecule has 0 aliphatic carbocycles. The average molecular weight is 281 g/mol. The van der Waals surface area contributed by atoms with Crippen molar-refractivity contribution in [3.63, 3.8) is 0 Å². The summed E-state index contributed by atoms with van der Waals surface area (Å²) in [6, 6.07) is 15.5. The van der Waals surface area contributed by atoms with E-state index in [1.807, 2.05) is 48.5 Å². The van der Waals surface area contributed by atoms with Gasteiger partial charge in [-0.15, -0.1) is 0 Å². The third kappa shape index (κ3) is 2.52. The van der Waals surface area contributed by atoms with Crippen molar-refractivity contribution in [1.29, 1.82) is 0 Å². The molecule has 1 saturated heterocycles. The molecule has 4 nitrogen and oxygen atoms in total. The highest BCUT2D eigenvalue weighted by atomic mass is 16.5. The number of amides is 1. The Morgan fingerprint density at radius 2 is 1.76 bits per heavy atom. The van der Waals surface area contributed by atoms with Crippen LogP contribution >= 0.6 is 0 Å². The van der Waals surface area contributed by atoms with E-state index in [2.05, 4.69) is 0 Å². The maximum atomic E-state index is 12.0. The molecule has 2 aromatic rings. The zero-order chi connectivity index (χ0) is 14.8. The van der Waals surface area contributed by atoms with E-state index in [9.17, 15) is 9.59 Å². The number of benzene rings is 2. The highest BCUT2D eigenvalue weighted by Crippen LogP contribution is 2.35. The molecule has 2 aromatic carbocycles. The molecule has 3 rings (SSSR count). The second kappa shape index (κ2) is 5.40. The van der Waals surface area contributed by atoms with Crippen LogP contribution < -0.4 is 9.64 Å². The Bertz CT molecular complexity index is 694. The fourth-order valence-electron chi connectivity index (χ4n) is 2.52. The van der Waals surface area contributed by atoms with Gasteiger partial charge in [-0.2, -0.15) is 0 Å².